The number of anilines is 3. The smallest absolute Gasteiger partial charge is 0.154 e. The van der Waals surface area contributed by atoms with E-state index >= 15 is 0 Å². The van der Waals surface area contributed by atoms with Crippen LogP contribution in [-0.4, -0.2) is 4.57 Å². The van der Waals surface area contributed by atoms with Crippen molar-refractivity contribution >= 4 is 38.9 Å². The van der Waals surface area contributed by atoms with Gasteiger partial charge in [0.2, 0.25) is 0 Å². The van der Waals surface area contributed by atoms with Crippen molar-refractivity contribution in [1.29, 1.82) is 0 Å². The highest BCUT2D eigenvalue weighted by Crippen LogP contribution is 2.56. The molecule has 0 N–H and O–H groups in total. The molecule has 3 heterocycles. The van der Waals surface area contributed by atoms with Crippen LogP contribution in [0.4, 0.5) is 17.1 Å². The van der Waals surface area contributed by atoms with Crippen molar-refractivity contribution < 1.29 is 4.74 Å². The lowest BCUT2D eigenvalue weighted by molar-refractivity contribution is 0.394. The summed E-state index contributed by atoms with van der Waals surface area (Å²) < 4.78 is 9.35. The zero-order valence-corrected chi connectivity index (χ0v) is 27.5. The largest absolute Gasteiger partial charge is 0.453 e. The first-order valence-electron chi connectivity index (χ1n) is 17.4. The fraction of sp³-hybridized carbons (Fsp3) is 0.130. The Bertz CT molecular complexity index is 2600. The highest BCUT2D eigenvalue weighted by Gasteiger charge is 2.44. The fourth-order valence-corrected chi connectivity index (χ4v) is 9.42. The van der Waals surface area contributed by atoms with Gasteiger partial charge in [-0.15, -0.1) is 0 Å². The van der Waals surface area contributed by atoms with E-state index in [-0.39, 0.29) is 5.41 Å². The molecule has 3 nitrogen and oxygen atoms in total. The van der Waals surface area contributed by atoms with Gasteiger partial charge in [-0.05, 0) is 69.5 Å². The number of hydrogen-bond acceptors (Lipinski definition) is 2. The number of para-hydroxylation sites is 3. The molecule has 0 saturated carbocycles. The Labute approximate surface area is 286 Å². The van der Waals surface area contributed by atoms with Crippen molar-refractivity contribution in [3.05, 3.63) is 168 Å². The molecule has 0 saturated heterocycles. The third kappa shape index (κ3) is 3.62. The minimum Gasteiger partial charge on any atom is -0.453 e. The molecule has 2 aliphatic carbocycles. The van der Waals surface area contributed by atoms with Gasteiger partial charge in [0.05, 0.1) is 28.1 Å². The summed E-state index contributed by atoms with van der Waals surface area (Å²) >= 11 is 0. The van der Waals surface area contributed by atoms with Gasteiger partial charge in [0.15, 0.2) is 11.5 Å². The molecule has 2 unspecified atom stereocenters. The van der Waals surface area contributed by atoms with Crippen molar-refractivity contribution in [2.24, 2.45) is 5.92 Å². The van der Waals surface area contributed by atoms with Gasteiger partial charge in [0, 0.05) is 40.4 Å². The van der Waals surface area contributed by atoms with Crippen molar-refractivity contribution in [1.82, 2.24) is 4.57 Å². The van der Waals surface area contributed by atoms with Crippen LogP contribution in [0.3, 0.4) is 0 Å². The van der Waals surface area contributed by atoms with Crippen molar-refractivity contribution in [2.75, 3.05) is 4.90 Å². The first kappa shape index (κ1) is 27.2. The number of aromatic nitrogens is 1. The summed E-state index contributed by atoms with van der Waals surface area (Å²) in [6, 6.07) is 44.7. The third-order valence-corrected chi connectivity index (χ3v) is 11.6. The van der Waals surface area contributed by atoms with E-state index in [4.69, 9.17) is 4.74 Å². The van der Waals surface area contributed by atoms with Crippen molar-refractivity contribution in [2.45, 2.75) is 31.6 Å². The van der Waals surface area contributed by atoms with Crippen LogP contribution in [-0.2, 0) is 11.8 Å². The minimum atomic E-state index is 0.00143. The number of fused-ring (bicyclic) bond motifs is 4. The minimum absolute atomic E-state index is 0.00143. The molecule has 1 aromatic heterocycles. The topological polar surface area (TPSA) is 17.4 Å². The van der Waals surface area contributed by atoms with Crippen LogP contribution >= 0.6 is 0 Å². The number of nitrogens with zero attached hydrogens (tertiary/aromatic N) is 2. The van der Waals surface area contributed by atoms with Gasteiger partial charge >= 0.3 is 0 Å². The van der Waals surface area contributed by atoms with E-state index < -0.39 is 0 Å². The van der Waals surface area contributed by atoms with E-state index in [9.17, 15) is 0 Å². The Morgan fingerprint density at radius 3 is 2.41 bits per heavy atom. The molecule has 0 amide bonds. The molecule has 0 fully saturated rings. The molecule has 2 atom stereocenters. The van der Waals surface area contributed by atoms with E-state index in [0.717, 1.165) is 40.5 Å². The second-order valence-corrected chi connectivity index (χ2v) is 14.6. The number of ether oxygens (including phenoxy) is 1. The normalized spacial score (nSPS) is 18.5. The summed E-state index contributed by atoms with van der Waals surface area (Å²) in [7, 11) is 0. The molecule has 4 aliphatic rings. The zero-order chi connectivity index (χ0) is 32.4. The molecule has 6 aromatic carbocycles. The average Bonchev–Trinajstić information content (AvgIpc) is 3.59. The number of benzene rings is 6. The molecule has 49 heavy (non-hydrogen) atoms. The van der Waals surface area contributed by atoms with Gasteiger partial charge in [-0.25, -0.2) is 0 Å². The number of hydrogen-bond donors (Lipinski definition) is 0. The molecule has 0 bridgehead atoms. The molecule has 3 heteroatoms. The summed E-state index contributed by atoms with van der Waals surface area (Å²) in [6.07, 6.45) is 10.1. The Kier molecular flexibility index (Phi) is 5.35. The van der Waals surface area contributed by atoms with Crippen LogP contribution in [0.1, 0.15) is 42.0 Å². The summed E-state index contributed by atoms with van der Waals surface area (Å²) in [6.45, 7) is 4.82. The second kappa shape index (κ2) is 9.64. The number of rotatable bonds is 4. The maximum Gasteiger partial charge on any atom is 0.154 e. The van der Waals surface area contributed by atoms with E-state index in [2.05, 4.69) is 169 Å². The SMILES string of the molecule is CC1(C)c2cc(N(c3cc4c5c(c3)c3cccc6c3n5-c3c(cccc3O4)C6)c3ccccc3-c3ccccc3)ccc2C2C=CC=CC21. The predicted octanol–water partition coefficient (Wildman–Crippen LogP) is 12.0. The van der Waals surface area contributed by atoms with Crippen molar-refractivity contribution in [3.63, 3.8) is 0 Å². The van der Waals surface area contributed by atoms with E-state index in [1.807, 2.05) is 0 Å². The zero-order valence-electron chi connectivity index (χ0n) is 27.5. The van der Waals surface area contributed by atoms with Crippen LogP contribution in [0.2, 0.25) is 0 Å². The molecular formula is C46H34N2O. The van der Waals surface area contributed by atoms with Gasteiger partial charge in [-0.3, -0.25) is 0 Å². The van der Waals surface area contributed by atoms with Gasteiger partial charge in [-0.2, -0.15) is 0 Å². The third-order valence-electron chi connectivity index (χ3n) is 11.6. The highest BCUT2D eigenvalue weighted by molar-refractivity contribution is 6.15. The van der Waals surface area contributed by atoms with Crippen LogP contribution in [0.25, 0.3) is 38.6 Å². The van der Waals surface area contributed by atoms with Crippen LogP contribution < -0.4 is 9.64 Å². The maximum absolute atomic E-state index is 6.88. The number of allylic oxidation sites excluding steroid dienone is 4. The summed E-state index contributed by atoms with van der Waals surface area (Å²) in [5, 5.41) is 2.49. The molecule has 0 radical (unpaired) electrons. The molecule has 7 aromatic rings. The monoisotopic (exact) mass is 630 g/mol. The first-order valence-corrected chi connectivity index (χ1v) is 17.4. The summed E-state index contributed by atoms with van der Waals surface area (Å²) in [5.41, 5.74) is 14.9. The Balaban J connectivity index is 1.20. The summed E-state index contributed by atoms with van der Waals surface area (Å²) in [5.74, 6) is 2.67. The lowest BCUT2D eigenvalue weighted by Gasteiger charge is -2.32. The van der Waals surface area contributed by atoms with Gasteiger partial charge in [-0.1, -0.05) is 123 Å². The quantitative estimate of drug-likeness (QED) is 0.192. The van der Waals surface area contributed by atoms with Crippen LogP contribution in [0.5, 0.6) is 11.5 Å². The molecule has 2 aliphatic heterocycles. The van der Waals surface area contributed by atoms with Crippen LogP contribution in [0.15, 0.2) is 146 Å². The first-order chi connectivity index (χ1) is 24.1. The lowest BCUT2D eigenvalue weighted by Crippen LogP contribution is -2.24. The van der Waals surface area contributed by atoms with E-state index in [1.54, 1.807) is 0 Å². The standard InChI is InChI=1S/C46H34N2O/c1-46(2)38-19-8-6-17-34(38)35-23-22-31(26-39(35)46)47(40-20-9-7-16-33(40)28-12-4-3-5-13-28)32-25-37-36-18-10-14-29-24-30-15-11-21-41-44(30)48(43(29)36)45(37)42(27-32)49-41/h3-23,25-27,34,38H,24H2,1-2H3. The highest BCUT2D eigenvalue weighted by atomic mass is 16.5. The fourth-order valence-electron chi connectivity index (χ4n) is 9.42. The van der Waals surface area contributed by atoms with Crippen LogP contribution in [0, 0.1) is 5.92 Å². The maximum atomic E-state index is 6.88. The van der Waals surface area contributed by atoms with E-state index in [0.29, 0.717) is 11.8 Å². The average molecular weight is 631 g/mol. The predicted molar refractivity (Wildman–Crippen MR) is 201 cm³/mol. The molecular weight excluding hydrogens is 597 g/mol. The Morgan fingerprint density at radius 1 is 0.673 bits per heavy atom. The lowest BCUT2D eigenvalue weighted by atomic mass is 9.74. The van der Waals surface area contributed by atoms with E-state index in [1.165, 1.54) is 55.4 Å². The Morgan fingerprint density at radius 2 is 1.49 bits per heavy atom. The van der Waals surface area contributed by atoms with Crippen molar-refractivity contribution in [3.8, 4) is 28.3 Å². The second-order valence-electron chi connectivity index (χ2n) is 14.6. The molecule has 234 valence electrons. The molecule has 0 spiro atoms. The summed E-state index contributed by atoms with van der Waals surface area (Å²) in [4.78, 5) is 2.46. The molecule has 11 rings (SSSR count). The Hall–Kier alpha value is -5.80. The van der Waals surface area contributed by atoms with Gasteiger partial charge < -0.3 is 14.2 Å². The van der Waals surface area contributed by atoms with Gasteiger partial charge in [0.25, 0.3) is 0 Å². The van der Waals surface area contributed by atoms with Gasteiger partial charge in [0.1, 0.15) is 0 Å².